The molecule has 3 nitrogen and oxygen atoms in total. The number of amides is 1. The summed E-state index contributed by atoms with van der Waals surface area (Å²) in [6, 6.07) is 13.9. The molecule has 0 aliphatic carbocycles. The highest BCUT2D eigenvalue weighted by Crippen LogP contribution is 2.19. The summed E-state index contributed by atoms with van der Waals surface area (Å²) in [5.74, 6) is 0.713. The van der Waals surface area contributed by atoms with Crippen LogP contribution in [-0.2, 0) is 4.74 Å². The van der Waals surface area contributed by atoms with Crippen LogP contribution in [0.25, 0.3) is 10.8 Å². The Morgan fingerprint density at radius 3 is 2.71 bits per heavy atom. The number of fused-ring (bicyclic) bond motifs is 1. The number of ether oxygens (including phenoxy) is 1. The Kier molecular flexibility index (Phi) is 4.51. The van der Waals surface area contributed by atoms with Crippen molar-refractivity contribution in [3.05, 3.63) is 48.0 Å². The van der Waals surface area contributed by atoms with Gasteiger partial charge in [0.1, 0.15) is 0 Å². The van der Waals surface area contributed by atoms with E-state index in [1.54, 1.807) is 0 Å². The van der Waals surface area contributed by atoms with E-state index in [9.17, 15) is 4.79 Å². The number of carbonyl (C=O) groups excluding carboxylic acids is 1. The molecule has 3 heteroatoms. The highest BCUT2D eigenvalue weighted by Gasteiger charge is 2.14. The van der Waals surface area contributed by atoms with Gasteiger partial charge in [-0.05, 0) is 42.0 Å². The van der Waals surface area contributed by atoms with Crippen molar-refractivity contribution in [3.8, 4) is 0 Å². The third-order valence-electron chi connectivity index (χ3n) is 4.21. The monoisotopic (exact) mass is 283 g/mol. The van der Waals surface area contributed by atoms with Gasteiger partial charge in [-0.2, -0.15) is 0 Å². The molecule has 1 fully saturated rings. The summed E-state index contributed by atoms with van der Waals surface area (Å²) >= 11 is 0. The zero-order chi connectivity index (χ0) is 14.5. The first-order valence-electron chi connectivity index (χ1n) is 7.68. The SMILES string of the molecule is O=C(NCCC1CCOCC1)c1cccc2ccccc12. The quantitative estimate of drug-likeness (QED) is 0.934. The number of carbonyl (C=O) groups is 1. The van der Waals surface area contributed by atoms with Crippen LogP contribution in [0.15, 0.2) is 42.5 Å². The van der Waals surface area contributed by atoms with E-state index in [1.807, 2.05) is 42.5 Å². The van der Waals surface area contributed by atoms with Crippen LogP contribution in [0, 0.1) is 5.92 Å². The van der Waals surface area contributed by atoms with Crippen molar-refractivity contribution in [2.45, 2.75) is 19.3 Å². The lowest BCUT2D eigenvalue weighted by Gasteiger charge is -2.21. The molecule has 0 bridgehead atoms. The van der Waals surface area contributed by atoms with Crippen LogP contribution in [0.3, 0.4) is 0 Å². The van der Waals surface area contributed by atoms with Crippen molar-refractivity contribution in [2.24, 2.45) is 5.92 Å². The Morgan fingerprint density at radius 1 is 1.10 bits per heavy atom. The molecule has 0 atom stereocenters. The first-order chi connectivity index (χ1) is 10.3. The Balaban J connectivity index is 1.61. The zero-order valence-electron chi connectivity index (χ0n) is 12.2. The number of rotatable bonds is 4. The minimum absolute atomic E-state index is 0.0267. The molecule has 1 heterocycles. The molecule has 0 spiro atoms. The molecule has 1 saturated heterocycles. The summed E-state index contributed by atoms with van der Waals surface area (Å²) < 4.78 is 5.36. The van der Waals surface area contributed by atoms with Crippen molar-refractivity contribution in [2.75, 3.05) is 19.8 Å². The van der Waals surface area contributed by atoms with E-state index in [0.717, 1.165) is 55.4 Å². The van der Waals surface area contributed by atoms with E-state index in [4.69, 9.17) is 4.74 Å². The van der Waals surface area contributed by atoms with Gasteiger partial charge in [-0.1, -0.05) is 36.4 Å². The predicted molar refractivity (Wildman–Crippen MR) is 84.4 cm³/mol. The molecule has 2 aromatic rings. The maximum absolute atomic E-state index is 12.4. The van der Waals surface area contributed by atoms with E-state index in [1.165, 1.54) is 0 Å². The van der Waals surface area contributed by atoms with Crippen molar-refractivity contribution in [1.29, 1.82) is 0 Å². The lowest BCUT2D eigenvalue weighted by molar-refractivity contribution is 0.0636. The summed E-state index contributed by atoms with van der Waals surface area (Å²) in [6.45, 7) is 2.47. The summed E-state index contributed by atoms with van der Waals surface area (Å²) in [6.07, 6.45) is 3.27. The highest BCUT2D eigenvalue weighted by atomic mass is 16.5. The van der Waals surface area contributed by atoms with E-state index in [2.05, 4.69) is 5.32 Å². The highest BCUT2D eigenvalue weighted by molar-refractivity contribution is 6.06. The molecule has 0 radical (unpaired) electrons. The lowest BCUT2D eigenvalue weighted by atomic mass is 9.96. The molecule has 1 aliphatic heterocycles. The number of benzene rings is 2. The third kappa shape index (κ3) is 3.42. The average Bonchev–Trinajstić information content (AvgIpc) is 2.55. The molecular formula is C18H21NO2. The van der Waals surface area contributed by atoms with Crippen LogP contribution < -0.4 is 5.32 Å². The summed E-state index contributed by atoms with van der Waals surface area (Å²) in [4.78, 5) is 12.4. The van der Waals surface area contributed by atoms with Gasteiger partial charge in [0.05, 0.1) is 0 Å². The molecule has 0 aromatic heterocycles. The fraction of sp³-hybridized carbons (Fsp3) is 0.389. The minimum atomic E-state index is 0.0267. The van der Waals surface area contributed by atoms with Gasteiger partial charge in [-0.25, -0.2) is 0 Å². The van der Waals surface area contributed by atoms with Gasteiger partial charge in [0.15, 0.2) is 0 Å². The minimum Gasteiger partial charge on any atom is -0.381 e. The molecule has 0 unspecified atom stereocenters. The molecule has 110 valence electrons. The van der Waals surface area contributed by atoms with Gasteiger partial charge in [0.25, 0.3) is 5.91 Å². The smallest absolute Gasteiger partial charge is 0.251 e. The van der Waals surface area contributed by atoms with Crippen molar-refractivity contribution in [3.63, 3.8) is 0 Å². The Bertz CT molecular complexity index is 612. The Hall–Kier alpha value is -1.87. The van der Waals surface area contributed by atoms with Gasteiger partial charge in [-0.3, -0.25) is 4.79 Å². The van der Waals surface area contributed by atoms with Crippen LogP contribution in [0.2, 0.25) is 0 Å². The normalized spacial score (nSPS) is 16.0. The molecule has 1 aliphatic rings. The second kappa shape index (κ2) is 6.72. The first-order valence-corrected chi connectivity index (χ1v) is 7.68. The van der Waals surface area contributed by atoms with Crippen molar-refractivity contribution >= 4 is 16.7 Å². The van der Waals surface area contributed by atoms with E-state index < -0.39 is 0 Å². The van der Waals surface area contributed by atoms with Gasteiger partial charge in [0.2, 0.25) is 0 Å². The molecule has 0 saturated carbocycles. The van der Waals surface area contributed by atoms with Crippen LogP contribution in [0.4, 0.5) is 0 Å². The molecule has 1 amide bonds. The number of nitrogens with one attached hydrogen (secondary N) is 1. The molecular weight excluding hydrogens is 262 g/mol. The fourth-order valence-corrected chi connectivity index (χ4v) is 2.94. The van der Waals surface area contributed by atoms with Gasteiger partial charge >= 0.3 is 0 Å². The van der Waals surface area contributed by atoms with Crippen LogP contribution >= 0.6 is 0 Å². The topological polar surface area (TPSA) is 38.3 Å². The van der Waals surface area contributed by atoms with Crippen molar-refractivity contribution in [1.82, 2.24) is 5.32 Å². The van der Waals surface area contributed by atoms with E-state index in [0.29, 0.717) is 5.92 Å². The van der Waals surface area contributed by atoms with E-state index >= 15 is 0 Å². The van der Waals surface area contributed by atoms with Gasteiger partial charge in [-0.15, -0.1) is 0 Å². The number of hydrogen-bond acceptors (Lipinski definition) is 2. The molecule has 21 heavy (non-hydrogen) atoms. The van der Waals surface area contributed by atoms with Gasteiger partial charge in [0, 0.05) is 25.3 Å². The maximum atomic E-state index is 12.4. The average molecular weight is 283 g/mol. The molecule has 1 N–H and O–H groups in total. The first kappa shape index (κ1) is 14.1. The second-order valence-electron chi connectivity index (χ2n) is 5.63. The fourth-order valence-electron chi connectivity index (χ4n) is 2.94. The van der Waals surface area contributed by atoms with Crippen molar-refractivity contribution < 1.29 is 9.53 Å². The largest absolute Gasteiger partial charge is 0.381 e. The Morgan fingerprint density at radius 2 is 1.86 bits per heavy atom. The van der Waals surface area contributed by atoms with Crippen LogP contribution in [0.5, 0.6) is 0 Å². The summed E-state index contributed by atoms with van der Waals surface area (Å²) in [5.41, 5.74) is 0.764. The predicted octanol–water partition coefficient (Wildman–Crippen LogP) is 3.39. The van der Waals surface area contributed by atoms with Crippen LogP contribution in [0.1, 0.15) is 29.6 Å². The zero-order valence-corrected chi connectivity index (χ0v) is 12.2. The summed E-state index contributed by atoms with van der Waals surface area (Å²) in [5, 5.41) is 5.18. The maximum Gasteiger partial charge on any atom is 0.251 e. The third-order valence-corrected chi connectivity index (χ3v) is 4.21. The molecule has 3 rings (SSSR count). The molecule has 2 aromatic carbocycles. The summed E-state index contributed by atoms with van der Waals surface area (Å²) in [7, 11) is 0. The lowest BCUT2D eigenvalue weighted by Crippen LogP contribution is -2.27. The van der Waals surface area contributed by atoms with Gasteiger partial charge < -0.3 is 10.1 Å². The number of hydrogen-bond donors (Lipinski definition) is 1. The second-order valence-corrected chi connectivity index (χ2v) is 5.63. The van der Waals surface area contributed by atoms with E-state index in [-0.39, 0.29) is 5.91 Å². The Labute approximate surface area is 125 Å². The van der Waals surface area contributed by atoms with Crippen LogP contribution in [-0.4, -0.2) is 25.7 Å². The standard InChI is InChI=1S/C18H21NO2/c20-18(19-11-8-14-9-12-21-13-10-14)17-7-3-5-15-4-1-2-6-16(15)17/h1-7,14H,8-13H2,(H,19,20).